The summed E-state index contributed by atoms with van der Waals surface area (Å²) in [5, 5.41) is 4.70. The fourth-order valence-electron chi connectivity index (χ4n) is 3.10. The van der Waals surface area contributed by atoms with Crippen molar-refractivity contribution in [1.82, 2.24) is 20.1 Å². The minimum absolute atomic E-state index is 0.0759. The number of pyridine rings is 2. The van der Waals surface area contributed by atoms with Crippen LogP contribution in [0.25, 0.3) is 22.0 Å². The van der Waals surface area contributed by atoms with Crippen molar-refractivity contribution in [3.8, 4) is 22.0 Å². The zero-order chi connectivity index (χ0) is 21.3. The predicted octanol–water partition coefficient (Wildman–Crippen LogP) is 5.00. The maximum Gasteiger partial charge on any atom is 0.195 e. The standard InChI is InChI=1S/C22H19FN4O2S/c1-4-20-21(26-22(30-20)19-7-12(2)27-29-19)14-5-6-15(25-9-14)8-18(28)16-10-24-11-17(23)13(16)3/h5-7,9-11H,4,8H2,1-3H3. The van der Waals surface area contributed by atoms with Crippen molar-refractivity contribution in [3.05, 3.63) is 70.0 Å². The van der Waals surface area contributed by atoms with Gasteiger partial charge in [-0.3, -0.25) is 14.8 Å². The van der Waals surface area contributed by atoms with Crippen LogP contribution in [0.2, 0.25) is 0 Å². The summed E-state index contributed by atoms with van der Waals surface area (Å²) in [7, 11) is 0. The van der Waals surface area contributed by atoms with Crippen molar-refractivity contribution in [3.63, 3.8) is 0 Å². The average molecular weight is 422 g/mol. The number of Topliss-reactive ketones (excluding diaryl/α,β-unsaturated/α-hetero) is 1. The van der Waals surface area contributed by atoms with Crippen LogP contribution in [0.1, 0.15) is 39.1 Å². The zero-order valence-corrected chi connectivity index (χ0v) is 17.6. The number of nitrogens with zero attached hydrogens (tertiary/aromatic N) is 4. The van der Waals surface area contributed by atoms with E-state index in [0.717, 1.165) is 39.5 Å². The molecule has 4 aromatic heterocycles. The Balaban J connectivity index is 1.57. The van der Waals surface area contributed by atoms with Gasteiger partial charge in [0.25, 0.3) is 0 Å². The van der Waals surface area contributed by atoms with Gasteiger partial charge in [-0.1, -0.05) is 12.1 Å². The molecule has 0 atom stereocenters. The van der Waals surface area contributed by atoms with E-state index in [2.05, 4.69) is 22.0 Å². The number of halogens is 1. The van der Waals surface area contributed by atoms with Gasteiger partial charge in [0.15, 0.2) is 16.6 Å². The molecular formula is C22H19FN4O2S. The van der Waals surface area contributed by atoms with Crippen LogP contribution in [0, 0.1) is 19.7 Å². The monoisotopic (exact) mass is 422 g/mol. The van der Waals surface area contributed by atoms with E-state index in [1.54, 1.807) is 30.5 Å². The molecule has 0 aliphatic rings. The fraction of sp³-hybridized carbons (Fsp3) is 0.227. The molecule has 0 aliphatic heterocycles. The van der Waals surface area contributed by atoms with E-state index < -0.39 is 5.82 Å². The smallest absolute Gasteiger partial charge is 0.195 e. The first-order chi connectivity index (χ1) is 14.5. The summed E-state index contributed by atoms with van der Waals surface area (Å²) < 4.78 is 19.0. The Hall–Kier alpha value is -3.26. The lowest BCUT2D eigenvalue weighted by Gasteiger charge is -2.06. The first kappa shape index (κ1) is 20.0. The van der Waals surface area contributed by atoms with Crippen molar-refractivity contribution < 1.29 is 13.7 Å². The third-order valence-corrected chi connectivity index (χ3v) is 5.97. The van der Waals surface area contributed by atoms with Crippen LogP contribution < -0.4 is 0 Å². The van der Waals surface area contributed by atoms with Crippen LogP contribution in [0.5, 0.6) is 0 Å². The van der Waals surface area contributed by atoms with Gasteiger partial charge < -0.3 is 4.52 Å². The number of rotatable bonds is 6. The van der Waals surface area contributed by atoms with Gasteiger partial charge in [0.2, 0.25) is 0 Å². The Morgan fingerprint density at radius 1 is 1.20 bits per heavy atom. The van der Waals surface area contributed by atoms with Gasteiger partial charge in [0.1, 0.15) is 5.82 Å². The van der Waals surface area contributed by atoms with Gasteiger partial charge >= 0.3 is 0 Å². The lowest BCUT2D eigenvalue weighted by atomic mass is 10.0. The Morgan fingerprint density at radius 3 is 2.70 bits per heavy atom. The first-order valence-electron chi connectivity index (χ1n) is 9.48. The molecule has 0 radical (unpaired) electrons. The van der Waals surface area contributed by atoms with Crippen molar-refractivity contribution in [2.45, 2.75) is 33.6 Å². The van der Waals surface area contributed by atoms with E-state index in [1.165, 1.54) is 6.20 Å². The highest BCUT2D eigenvalue weighted by molar-refractivity contribution is 7.15. The highest BCUT2D eigenvalue weighted by Crippen LogP contribution is 2.34. The number of carbonyl (C=O) groups is 1. The maximum atomic E-state index is 13.7. The van der Waals surface area contributed by atoms with Crippen molar-refractivity contribution in [2.24, 2.45) is 0 Å². The molecule has 152 valence electrons. The molecule has 0 N–H and O–H groups in total. The summed E-state index contributed by atoms with van der Waals surface area (Å²) in [5.74, 6) is -0.0594. The number of thiazole rings is 1. The summed E-state index contributed by atoms with van der Waals surface area (Å²) in [6.07, 6.45) is 5.11. The van der Waals surface area contributed by atoms with Crippen molar-refractivity contribution in [1.29, 1.82) is 0 Å². The molecule has 0 aromatic carbocycles. The van der Waals surface area contributed by atoms with Crippen LogP contribution in [0.3, 0.4) is 0 Å². The molecular weight excluding hydrogens is 403 g/mol. The second-order valence-corrected chi connectivity index (χ2v) is 7.99. The molecule has 0 bridgehead atoms. The highest BCUT2D eigenvalue weighted by Gasteiger charge is 2.17. The molecule has 0 aliphatic carbocycles. The summed E-state index contributed by atoms with van der Waals surface area (Å²) in [5.41, 5.74) is 3.70. The fourth-order valence-corrected chi connectivity index (χ4v) is 4.07. The van der Waals surface area contributed by atoms with Gasteiger partial charge in [-0.15, -0.1) is 11.3 Å². The van der Waals surface area contributed by atoms with Crippen molar-refractivity contribution in [2.75, 3.05) is 0 Å². The quantitative estimate of drug-likeness (QED) is 0.407. The van der Waals surface area contributed by atoms with Crippen LogP contribution in [0.4, 0.5) is 4.39 Å². The molecule has 8 heteroatoms. The third kappa shape index (κ3) is 3.91. The molecule has 4 heterocycles. The molecule has 0 saturated carbocycles. The molecule has 0 unspecified atom stereocenters. The van der Waals surface area contributed by atoms with E-state index >= 15 is 0 Å². The van der Waals surface area contributed by atoms with E-state index in [9.17, 15) is 9.18 Å². The number of aromatic nitrogens is 4. The van der Waals surface area contributed by atoms with Gasteiger partial charge in [0.05, 0.1) is 24.0 Å². The number of hydrogen-bond acceptors (Lipinski definition) is 7. The van der Waals surface area contributed by atoms with Gasteiger partial charge in [-0.2, -0.15) is 0 Å². The lowest BCUT2D eigenvalue weighted by molar-refractivity contribution is 0.0990. The van der Waals surface area contributed by atoms with Crippen LogP contribution in [-0.2, 0) is 12.8 Å². The highest BCUT2D eigenvalue weighted by atomic mass is 32.1. The molecule has 0 fully saturated rings. The lowest BCUT2D eigenvalue weighted by Crippen LogP contribution is -2.08. The van der Waals surface area contributed by atoms with Gasteiger partial charge in [-0.25, -0.2) is 9.37 Å². The van der Waals surface area contributed by atoms with E-state index in [0.29, 0.717) is 17.0 Å². The van der Waals surface area contributed by atoms with Crippen LogP contribution in [-0.4, -0.2) is 25.9 Å². The van der Waals surface area contributed by atoms with Crippen molar-refractivity contribution >= 4 is 17.1 Å². The molecule has 4 aromatic rings. The minimum atomic E-state index is -0.488. The largest absolute Gasteiger partial charge is 0.353 e. The number of ketones is 1. The molecule has 0 spiro atoms. The predicted molar refractivity (Wildman–Crippen MR) is 112 cm³/mol. The Labute approximate surface area is 176 Å². The van der Waals surface area contributed by atoms with Gasteiger partial charge in [-0.05, 0) is 38.0 Å². The molecule has 0 saturated heterocycles. The summed E-state index contributed by atoms with van der Waals surface area (Å²) in [6.45, 7) is 5.51. The van der Waals surface area contributed by atoms with Gasteiger partial charge in [0, 0.05) is 40.2 Å². The number of aryl methyl sites for hydroxylation is 2. The second kappa shape index (κ2) is 8.23. The summed E-state index contributed by atoms with van der Waals surface area (Å²) in [4.78, 5) is 26.6. The average Bonchev–Trinajstić information content (AvgIpc) is 3.36. The van der Waals surface area contributed by atoms with Crippen LogP contribution >= 0.6 is 11.3 Å². The van der Waals surface area contributed by atoms with E-state index in [1.807, 2.05) is 19.1 Å². The molecule has 0 amide bonds. The minimum Gasteiger partial charge on any atom is -0.353 e. The SMILES string of the molecule is CCc1sc(-c2cc(C)no2)nc1-c1ccc(CC(=O)c2cncc(F)c2C)nc1. The summed E-state index contributed by atoms with van der Waals surface area (Å²) >= 11 is 1.57. The van der Waals surface area contributed by atoms with Crippen LogP contribution in [0.15, 0.2) is 41.3 Å². The summed E-state index contributed by atoms with van der Waals surface area (Å²) in [6, 6.07) is 5.56. The zero-order valence-electron chi connectivity index (χ0n) is 16.8. The number of hydrogen-bond donors (Lipinski definition) is 0. The van der Waals surface area contributed by atoms with E-state index in [-0.39, 0.29) is 17.8 Å². The second-order valence-electron chi connectivity index (χ2n) is 6.91. The normalized spacial score (nSPS) is 11.1. The third-order valence-electron chi connectivity index (χ3n) is 4.75. The maximum absolute atomic E-state index is 13.7. The number of carbonyl (C=O) groups excluding carboxylic acids is 1. The Morgan fingerprint density at radius 2 is 2.03 bits per heavy atom. The Kier molecular flexibility index (Phi) is 5.50. The Bertz CT molecular complexity index is 1210. The van der Waals surface area contributed by atoms with E-state index in [4.69, 9.17) is 9.51 Å². The molecule has 4 rings (SSSR count). The topological polar surface area (TPSA) is 81.8 Å². The first-order valence-corrected chi connectivity index (χ1v) is 10.3. The molecule has 30 heavy (non-hydrogen) atoms. The molecule has 6 nitrogen and oxygen atoms in total.